The molecule has 1 saturated heterocycles. The van der Waals surface area contributed by atoms with Gasteiger partial charge in [0, 0.05) is 13.2 Å². The van der Waals surface area contributed by atoms with Crippen LogP contribution in [0.3, 0.4) is 0 Å². The molecule has 3 heterocycles. The summed E-state index contributed by atoms with van der Waals surface area (Å²) < 4.78 is 21.1. The van der Waals surface area contributed by atoms with E-state index in [0.717, 1.165) is 12.8 Å². The molecule has 1 aromatic carbocycles. The molecular weight excluding hydrogens is 355 g/mol. The van der Waals surface area contributed by atoms with Gasteiger partial charge in [0.15, 0.2) is 11.2 Å². The topological polar surface area (TPSA) is 104 Å². The molecule has 1 fully saturated rings. The lowest BCUT2D eigenvalue weighted by Gasteiger charge is -2.11. The molecule has 1 atom stereocenters. The maximum Gasteiger partial charge on any atom is 0.284 e. The molecule has 0 bridgehead atoms. The van der Waals surface area contributed by atoms with Crippen molar-refractivity contribution in [3.63, 3.8) is 0 Å². The van der Waals surface area contributed by atoms with E-state index in [0.29, 0.717) is 18.8 Å². The number of carbonyl (C=O) groups excluding carboxylic acids is 1. The van der Waals surface area contributed by atoms with Gasteiger partial charge in [0.05, 0.1) is 11.8 Å². The summed E-state index contributed by atoms with van der Waals surface area (Å²) in [4.78, 5) is 28.8. The second-order valence-electron chi connectivity index (χ2n) is 6.27. The lowest BCUT2D eigenvalue weighted by atomic mass is 10.2. The molecule has 1 N–H and O–H groups in total. The Labute approximate surface area is 152 Å². The molecule has 27 heavy (non-hydrogen) atoms. The van der Waals surface area contributed by atoms with Crippen molar-refractivity contribution in [3.05, 3.63) is 46.8 Å². The molecule has 0 aliphatic carbocycles. The maximum atomic E-state index is 13.1. The summed E-state index contributed by atoms with van der Waals surface area (Å²) in [6.45, 7) is 0.964. The van der Waals surface area contributed by atoms with Crippen molar-refractivity contribution >= 4 is 17.1 Å². The zero-order valence-electron chi connectivity index (χ0n) is 14.3. The summed E-state index contributed by atoms with van der Waals surface area (Å²) in [5.74, 6) is -0.688. The van der Waals surface area contributed by atoms with Crippen LogP contribution >= 0.6 is 0 Å². The Bertz CT molecular complexity index is 1020. The van der Waals surface area contributed by atoms with Crippen LogP contribution in [-0.2, 0) is 16.1 Å². The summed E-state index contributed by atoms with van der Waals surface area (Å²) in [5.41, 5.74) is 0.329. The molecule has 0 unspecified atom stereocenters. The van der Waals surface area contributed by atoms with Crippen molar-refractivity contribution < 1.29 is 13.9 Å². The van der Waals surface area contributed by atoms with Crippen LogP contribution in [0.1, 0.15) is 12.8 Å². The third-order valence-electron chi connectivity index (χ3n) is 4.37. The van der Waals surface area contributed by atoms with Crippen LogP contribution in [0.5, 0.6) is 0 Å². The SMILES string of the molecule is O=C(Cn1cnc2c(nnn2-c2ccc(F)cc2)c1=O)NC[C@H]1CCCO1. The third kappa shape index (κ3) is 3.56. The van der Waals surface area contributed by atoms with Crippen molar-refractivity contribution in [3.8, 4) is 5.69 Å². The number of benzene rings is 1. The normalized spacial score (nSPS) is 16.7. The highest BCUT2D eigenvalue weighted by Crippen LogP contribution is 2.12. The van der Waals surface area contributed by atoms with Gasteiger partial charge < -0.3 is 10.1 Å². The number of ether oxygens (including phenoxy) is 1. The van der Waals surface area contributed by atoms with E-state index >= 15 is 0 Å². The highest BCUT2D eigenvalue weighted by atomic mass is 19.1. The minimum Gasteiger partial charge on any atom is -0.376 e. The summed E-state index contributed by atoms with van der Waals surface area (Å²) in [6, 6.07) is 5.58. The zero-order chi connectivity index (χ0) is 18.8. The minimum absolute atomic E-state index is 0.0295. The molecule has 4 rings (SSSR count). The van der Waals surface area contributed by atoms with Gasteiger partial charge in [0.25, 0.3) is 5.56 Å². The summed E-state index contributed by atoms with van der Waals surface area (Å²) in [7, 11) is 0. The van der Waals surface area contributed by atoms with E-state index in [1.165, 1.54) is 39.8 Å². The van der Waals surface area contributed by atoms with Gasteiger partial charge in [-0.2, -0.15) is 4.68 Å². The predicted octanol–water partition coefficient (Wildman–Crippen LogP) is 0.411. The number of aromatic nitrogens is 5. The Kier molecular flexibility index (Phi) is 4.63. The summed E-state index contributed by atoms with van der Waals surface area (Å²) in [6.07, 6.45) is 3.21. The Morgan fingerprint density at radius 3 is 2.89 bits per heavy atom. The molecule has 0 saturated carbocycles. The lowest BCUT2D eigenvalue weighted by Crippen LogP contribution is -2.36. The van der Waals surface area contributed by atoms with Crippen LogP contribution in [0.2, 0.25) is 0 Å². The highest BCUT2D eigenvalue weighted by Gasteiger charge is 2.18. The average molecular weight is 372 g/mol. The number of hydrogen-bond donors (Lipinski definition) is 1. The van der Waals surface area contributed by atoms with Gasteiger partial charge >= 0.3 is 0 Å². The van der Waals surface area contributed by atoms with E-state index in [4.69, 9.17) is 4.74 Å². The van der Waals surface area contributed by atoms with Crippen LogP contribution in [0.4, 0.5) is 4.39 Å². The van der Waals surface area contributed by atoms with Crippen LogP contribution in [0, 0.1) is 5.82 Å². The number of nitrogens with one attached hydrogen (secondary N) is 1. The molecule has 0 radical (unpaired) electrons. The lowest BCUT2D eigenvalue weighted by molar-refractivity contribution is -0.122. The maximum absolute atomic E-state index is 13.1. The number of fused-ring (bicyclic) bond motifs is 1. The molecular formula is C17H17FN6O3. The molecule has 10 heteroatoms. The molecule has 2 aromatic heterocycles. The Morgan fingerprint density at radius 1 is 1.33 bits per heavy atom. The Hall–Kier alpha value is -3.14. The van der Waals surface area contributed by atoms with E-state index in [1.54, 1.807) is 0 Å². The molecule has 1 aliphatic heterocycles. The second kappa shape index (κ2) is 7.23. The number of carbonyl (C=O) groups is 1. The zero-order valence-corrected chi connectivity index (χ0v) is 14.3. The average Bonchev–Trinajstić information content (AvgIpc) is 3.33. The molecule has 1 amide bonds. The number of nitrogens with zero attached hydrogens (tertiary/aromatic N) is 5. The van der Waals surface area contributed by atoms with Crippen molar-refractivity contribution in [1.29, 1.82) is 0 Å². The Morgan fingerprint density at radius 2 is 2.15 bits per heavy atom. The van der Waals surface area contributed by atoms with Crippen molar-refractivity contribution in [2.45, 2.75) is 25.5 Å². The van der Waals surface area contributed by atoms with Crippen LogP contribution < -0.4 is 10.9 Å². The van der Waals surface area contributed by atoms with Crippen molar-refractivity contribution in [2.75, 3.05) is 13.2 Å². The molecule has 1 aliphatic rings. The van der Waals surface area contributed by atoms with Gasteiger partial charge in [-0.3, -0.25) is 14.2 Å². The summed E-state index contributed by atoms with van der Waals surface area (Å²) >= 11 is 0. The van der Waals surface area contributed by atoms with Crippen molar-refractivity contribution in [1.82, 2.24) is 29.9 Å². The second-order valence-corrected chi connectivity index (χ2v) is 6.27. The van der Waals surface area contributed by atoms with E-state index in [9.17, 15) is 14.0 Å². The van der Waals surface area contributed by atoms with Crippen molar-refractivity contribution in [2.24, 2.45) is 0 Å². The minimum atomic E-state index is -0.472. The van der Waals surface area contributed by atoms with Gasteiger partial charge in [-0.05, 0) is 37.1 Å². The molecule has 0 spiro atoms. The number of hydrogen-bond acceptors (Lipinski definition) is 6. The molecule has 3 aromatic rings. The first-order valence-electron chi connectivity index (χ1n) is 8.57. The van der Waals surface area contributed by atoms with Gasteiger partial charge in [-0.25, -0.2) is 9.37 Å². The predicted molar refractivity (Wildman–Crippen MR) is 92.9 cm³/mol. The highest BCUT2D eigenvalue weighted by molar-refractivity contribution is 5.76. The van der Waals surface area contributed by atoms with E-state index < -0.39 is 5.56 Å². The number of halogens is 1. The monoisotopic (exact) mass is 372 g/mol. The molecule has 140 valence electrons. The smallest absolute Gasteiger partial charge is 0.284 e. The summed E-state index contributed by atoms with van der Waals surface area (Å²) in [5, 5.41) is 10.5. The van der Waals surface area contributed by atoms with E-state index in [1.807, 2.05) is 0 Å². The first-order chi connectivity index (χ1) is 13.1. The van der Waals surface area contributed by atoms with Crippen LogP contribution in [-0.4, -0.2) is 49.7 Å². The van der Waals surface area contributed by atoms with Crippen LogP contribution in [0.15, 0.2) is 35.4 Å². The quantitative estimate of drug-likeness (QED) is 0.696. The van der Waals surface area contributed by atoms with E-state index in [2.05, 4.69) is 20.6 Å². The van der Waals surface area contributed by atoms with Crippen LogP contribution in [0.25, 0.3) is 16.9 Å². The van der Waals surface area contributed by atoms with Gasteiger partial charge in [-0.15, -0.1) is 5.10 Å². The number of rotatable bonds is 5. The fraction of sp³-hybridized carbons (Fsp3) is 0.353. The number of amides is 1. The molecule has 9 nitrogen and oxygen atoms in total. The first-order valence-corrected chi connectivity index (χ1v) is 8.57. The Balaban J connectivity index is 1.53. The fourth-order valence-electron chi connectivity index (χ4n) is 2.96. The van der Waals surface area contributed by atoms with Gasteiger partial charge in [0.1, 0.15) is 18.7 Å². The fourth-order valence-corrected chi connectivity index (χ4v) is 2.96. The van der Waals surface area contributed by atoms with E-state index in [-0.39, 0.29) is 35.5 Å². The van der Waals surface area contributed by atoms with Gasteiger partial charge in [0.2, 0.25) is 5.91 Å². The first kappa shape index (κ1) is 17.3. The van der Waals surface area contributed by atoms with Gasteiger partial charge in [-0.1, -0.05) is 5.21 Å². The third-order valence-corrected chi connectivity index (χ3v) is 4.37. The standard InChI is InChI=1S/C17H17FN6O3/c18-11-3-5-12(6-4-11)24-16-15(21-22-24)17(26)23(10-20-16)9-14(25)19-8-13-2-1-7-27-13/h3-6,10,13H,1-2,7-9H2,(H,19,25)/t13-/m1/s1. The largest absolute Gasteiger partial charge is 0.376 e.